The van der Waals surface area contributed by atoms with E-state index < -0.39 is 10.7 Å². The van der Waals surface area contributed by atoms with Gasteiger partial charge in [0.2, 0.25) is 0 Å². The number of non-ortho nitro benzene ring substituents is 1. The molecule has 0 fully saturated rings. The standard InChI is InChI=1S/C14H12ClFN2O3/c15-12-2-1-3-13(14(12)16)17-8-9-21-11-6-4-10(5-7-11)18(19)20/h1-7,17H,8-9H2. The van der Waals surface area contributed by atoms with Crippen molar-refractivity contribution in [3.8, 4) is 5.75 Å². The van der Waals surface area contributed by atoms with Crippen LogP contribution in [0.2, 0.25) is 5.02 Å². The summed E-state index contributed by atoms with van der Waals surface area (Å²) in [6.07, 6.45) is 0. The van der Waals surface area contributed by atoms with Crippen LogP contribution in [0.5, 0.6) is 5.75 Å². The van der Waals surface area contributed by atoms with Crippen molar-refractivity contribution in [2.75, 3.05) is 18.5 Å². The van der Waals surface area contributed by atoms with Gasteiger partial charge in [-0.3, -0.25) is 10.1 Å². The lowest BCUT2D eigenvalue weighted by Gasteiger charge is -2.09. The smallest absolute Gasteiger partial charge is 0.269 e. The second-order valence-corrected chi connectivity index (χ2v) is 4.53. The van der Waals surface area contributed by atoms with Crippen LogP contribution >= 0.6 is 11.6 Å². The lowest BCUT2D eigenvalue weighted by Crippen LogP contribution is -2.12. The minimum absolute atomic E-state index is 0.00136. The highest BCUT2D eigenvalue weighted by molar-refractivity contribution is 6.31. The second kappa shape index (κ2) is 6.90. The molecule has 0 amide bonds. The third kappa shape index (κ3) is 4.06. The summed E-state index contributed by atoms with van der Waals surface area (Å²) in [7, 11) is 0. The normalized spacial score (nSPS) is 10.2. The number of nitrogens with zero attached hydrogens (tertiary/aromatic N) is 1. The first-order valence-corrected chi connectivity index (χ1v) is 6.51. The fourth-order valence-corrected chi connectivity index (χ4v) is 1.83. The first-order valence-electron chi connectivity index (χ1n) is 6.13. The van der Waals surface area contributed by atoms with Crippen LogP contribution in [0.15, 0.2) is 42.5 Å². The van der Waals surface area contributed by atoms with Gasteiger partial charge in [0.1, 0.15) is 12.4 Å². The Hall–Kier alpha value is -2.34. The van der Waals surface area contributed by atoms with Crippen molar-refractivity contribution in [3.63, 3.8) is 0 Å². The molecule has 0 unspecified atom stereocenters. The Balaban J connectivity index is 1.82. The van der Waals surface area contributed by atoms with Crippen LogP contribution in [-0.4, -0.2) is 18.1 Å². The summed E-state index contributed by atoms with van der Waals surface area (Å²) in [5.74, 6) is 0.00321. The van der Waals surface area contributed by atoms with Crippen LogP contribution in [-0.2, 0) is 0 Å². The molecule has 1 N–H and O–H groups in total. The summed E-state index contributed by atoms with van der Waals surface area (Å²) in [6, 6.07) is 10.4. The third-order valence-corrected chi connectivity index (χ3v) is 2.98. The van der Waals surface area contributed by atoms with E-state index in [1.165, 1.54) is 30.3 Å². The van der Waals surface area contributed by atoms with Gasteiger partial charge in [-0.2, -0.15) is 0 Å². The quantitative estimate of drug-likeness (QED) is 0.499. The summed E-state index contributed by atoms with van der Waals surface area (Å²) >= 11 is 5.66. The van der Waals surface area contributed by atoms with E-state index in [0.717, 1.165) is 0 Å². The van der Waals surface area contributed by atoms with Crippen molar-refractivity contribution in [1.82, 2.24) is 0 Å². The molecule has 0 saturated carbocycles. The van der Waals surface area contributed by atoms with Gasteiger partial charge in [0.15, 0.2) is 5.82 Å². The zero-order valence-electron chi connectivity index (χ0n) is 10.9. The highest BCUT2D eigenvalue weighted by atomic mass is 35.5. The van der Waals surface area contributed by atoms with Crippen molar-refractivity contribution in [3.05, 3.63) is 63.4 Å². The number of nitrogens with one attached hydrogen (secondary N) is 1. The monoisotopic (exact) mass is 310 g/mol. The Morgan fingerprint density at radius 3 is 2.62 bits per heavy atom. The zero-order chi connectivity index (χ0) is 15.2. The van der Waals surface area contributed by atoms with Crippen LogP contribution in [0.4, 0.5) is 15.8 Å². The van der Waals surface area contributed by atoms with Crippen LogP contribution < -0.4 is 10.1 Å². The van der Waals surface area contributed by atoms with E-state index in [4.69, 9.17) is 16.3 Å². The third-order valence-electron chi connectivity index (χ3n) is 2.69. The molecule has 0 aliphatic carbocycles. The minimum Gasteiger partial charge on any atom is -0.492 e. The van der Waals surface area contributed by atoms with Crippen molar-refractivity contribution in [1.29, 1.82) is 0 Å². The first-order chi connectivity index (χ1) is 10.1. The molecule has 2 aromatic carbocycles. The number of ether oxygens (including phenoxy) is 1. The van der Waals surface area contributed by atoms with Crippen LogP contribution in [0.3, 0.4) is 0 Å². The highest BCUT2D eigenvalue weighted by Crippen LogP contribution is 2.22. The number of hydrogen-bond acceptors (Lipinski definition) is 4. The molecule has 21 heavy (non-hydrogen) atoms. The Morgan fingerprint density at radius 2 is 1.95 bits per heavy atom. The van der Waals surface area contributed by atoms with E-state index in [1.54, 1.807) is 12.1 Å². The van der Waals surface area contributed by atoms with Gasteiger partial charge >= 0.3 is 0 Å². The Morgan fingerprint density at radius 1 is 1.24 bits per heavy atom. The Bertz CT molecular complexity index is 635. The van der Waals surface area contributed by atoms with Crippen molar-refractivity contribution >= 4 is 23.0 Å². The number of anilines is 1. The highest BCUT2D eigenvalue weighted by Gasteiger charge is 2.06. The van der Waals surface area contributed by atoms with Gasteiger partial charge < -0.3 is 10.1 Å². The van der Waals surface area contributed by atoms with Gasteiger partial charge in [-0.1, -0.05) is 17.7 Å². The Labute approximate surface area is 125 Å². The number of benzene rings is 2. The molecule has 0 aliphatic rings. The summed E-state index contributed by atoms with van der Waals surface area (Å²) in [5, 5.41) is 13.4. The number of hydrogen-bond donors (Lipinski definition) is 1. The molecule has 0 saturated heterocycles. The average molecular weight is 311 g/mol. The fourth-order valence-electron chi connectivity index (χ4n) is 1.66. The topological polar surface area (TPSA) is 64.4 Å². The van der Waals surface area contributed by atoms with Crippen molar-refractivity contribution in [2.45, 2.75) is 0 Å². The van der Waals surface area contributed by atoms with Gasteiger partial charge in [0.05, 0.1) is 15.6 Å². The molecule has 0 spiro atoms. The molecule has 2 rings (SSSR count). The van der Waals surface area contributed by atoms with Gasteiger partial charge in [0.25, 0.3) is 5.69 Å². The van der Waals surface area contributed by atoms with Crippen LogP contribution in [0, 0.1) is 15.9 Å². The molecule has 0 bridgehead atoms. The first kappa shape index (κ1) is 15.1. The molecule has 0 atom stereocenters. The SMILES string of the molecule is O=[N+]([O-])c1ccc(OCCNc2cccc(Cl)c2F)cc1. The maximum Gasteiger partial charge on any atom is 0.269 e. The van der Waals surface area contributed by atoms with Crippen molar-refractivity contribution in [2.24, 2.45) is 0 Å². The van der Waals surface area contributed by atoms with E-state index in [0.29, 0.717) is 18.0 Å². The molecule has 0 radical (unpaired) electrons. The van der Waals surface area contributed by atoms with Gasteiger partial charge in [-0.15, -0.1) is 0 Å². The molecule has 0 aromatic heterocycles. The molecule has 2 aromatic rings. The predicted octanol–water partition coefficient (Wildman–Crippen LogP) is 3.88. The summed E-state index contributed by atoms with van der Waals surface area (Å²) in [6.45, 7) is 0.651. The lowest BCUT2D eigenvalue weighted by atomic mass is 10.3. The summed E-state index contributed by atoms with van der Waals surface area (Å²) < 4.78 is 19.0. The molecule has 5 nitrogen and oxygen atoms in total. The zero-order valence-corrected chi connectivity index (χ0v) is 11.6. The predicted molar refractivity (Wildman–Crippen MR) is 78.5 cm³/mol. The second-order valence-electron chi connectivity index (χ2n) is 4.13. The number of halogens is 2. The molecule has 0 aliphatic heterocycles. The molecule has 0 heterocycles. The van der Waals surface area contributed by atoms with E-state index in [2.05, 4.69) is 5.32 Å². The Kier molecular flexibility index (Phi) is 4.94. The minimum atomic E-state index is -0.505. The number of nitro benzene ring substituents is 1. The van der Waals surface area contributed by atoms with Crippen molar-refractivity contribution < 1.29 is 14.1 Å². The van der Waals surface area contributed by atoms with Gasteiger partial charge in [-0.05, 0) is 24.3 Å². The van der Waals surface area contributed by atoms with Crippen LogP contribution in [0.25, 0.3) is 0 Å². The summed E-state index contributed by atoms with van der Waals surface area (Å²) in [5.41, 5.74) is 0.302. The lowest BCUT2D eigenvalue weighted by molar-refractivity contribution is -0.384. The number of rotatable bonds is 6. The van der Waals surface area contributed by atoms with Gasteiger partial charge in [0, 0.05) is 18.7 Å². The van der Waals surface area contributed by atoms with E-state index in [1.807, 2.05) is 0 Å². The van der Waals surface area contributed by atoms with E-state index >= 15 is 0 Å². The fraction of sp³-hybridized carbons (Fsp3) is 0.143. The average Bonchev–Trinajstić information content (AvgIpc) is 2.48. The maximum atomic E-state index is 13.6. The maximum absolute atomic E-state index is 13.6. The number of nitro groups is 1. The molecule has 7 heteroatoms. The van der Waals surface area contributed by atoms with Gasteiger partial charge in [-0.25, -0.2) is 4.39 Å². The molecular weight excluding hydrogens is 299 g/mol. The van der Waals surface area contributed by atoms with E-state index in [-0.39, 0.29) is 17.3 Å². The molecular formula is C14H12ClFN2O3. The van der Waals surface area contributed by atoms with E-state index in [9.17, 15) is 14.5 Å². The molecule has 110 valence electrons. The summed E-state index contributed by atoms with van der Waals surface area (Å²) in [4.78, 5) is 10.0. The largest absolute Gasteiger partial charge is 0.492 e. The van der Waals surface area contributed by atoms with Crippen LogP contribution in [0.1, 0.15) is 0 Å².